The van der Waals surface area contributed by atoms with Crippen LogP contribution >= 0.6 is 0 Å². The van der Waals surface area contributed by atoms with E-state index in [-0.39, 0.29) is 19.5 Å². The van der Waals surface area contributed by atoms with Crippen LogP contribution in [0.3, 0.4) is 0 Å². The normalized spacial score (nSPS) is 7.12. The van der Waals surface area contributed by atoms with Crippen molar-refractivity contribution in [3.8, 4) is 0 Å². The van der Waals surface area contributed by atoms with Crippen molar-refractivity contribution < 1.29 is 34.4 Å². The average molecular weight is 294 g/mol. The minimum absolute atomic E-state index is 0. The van der Waals surface area contributed by atoms with Crippen LogP contribution in [0.1, 0.15) is 0 Å². The zero-order chi connectivity index (χ0) is 12.7. The molecule has 0 aromatic rings. The van der Waals surface area contributed by atoms with Gasteiger partial charge in [0.15, 0.2) is 0 Å². The molecule has 0 atom stereocenters. The van der Waals surface area contributed by atoms with E-state index in [1.807, 2.05) is 0 Å². The van der Waals surface area contributed by atoms with Crippen molar-refractivity contribution in [1.29, 1.82) is 0 Å². The number of nitrogens with zero attached hydrogens (tertiary/aromatic N) is 2. The van der Waals surface area contributed by atoms with Crippen LogP contribution in [0, 0.1) is 30.6 Å². The minimum atomic E-state index is -1.75. The van der Waals surface area contributed by atoms with Crippen LogP contribution in [0.5, 0.6) is 0 Å². The summed E-state index contributed by atoms with van der Waals surface area (Å²) in [6.45, 7) is 2.41. The Hall–Kier alpha value is -1.10. The van der Waals surface area contributed by atoms with Gasteiger partial charge in [0.05, 0.1) is 23.4 Å². The van der Waals surface area contributed by atoms with E-state index in [4.69, 9.17) is 46.8 Å². The molecule has 4 N–H and O–H groups in total. The molecule has 92 valence electrons. The molecule has 0 radical (unpaired) electrons. The fourth-order valence-corrected chi connectivity index (χ4v) is 0.269. The number of rotatable bonds is 4. The Morgan fingerprint density at radius 3 is 1.19 bits per heavy atom. The fourth-order valence-electron chi connectivity index (χ4n) is 0.269. The quantitative estimate of drug-likeness (QED) is 0.266. The molecule has 0 heterocycles. The number of ether oxygens (including phenoxy) is 1. The van der Waals surface area contributed by atoms with Crippen molar-refractivity contribution in [1.82, 2.24) is 0 Å². The van der Waals surface area contributed by atoms with Gasteiger partial charge in [0.1, 0.15) is 0 Å². The largest absolute Gasteiger partial charge is 2.00 e. The van der Waals surface area contributed by atoms with E-state index in [0.717, 1.165) is 0 Å². The predicted molar refractivity (Wildman–Crippen MR) is 49.7 cm³/mol. The van der Waals surface area contributed by atoms with E-state index < -0.39 is 10.2 Å². The molecule has 0 aromatic heterocycles. The summed E-state index contributed by atoms with van der Waals surface area (Å²) in [5.41, 5.74) is 10.2. The summed E-state index contributed by atoms with van der Waals surface area (Å²) in [5, 5.41) is 29.5. The van der Waals surface area contributed by atoms with E-state index in [0.29, 0.717) is 26.3 Å². The van der Waals surface area contributed by atoms with Crippen LogP contribution < -0.4 is 11.5 Å². The monoisotopic (exact) mass is 292 g/mol. The Balaban J connectivity index is -0.0000000700. The van der Waals surface area contributed by atoms with E-state index in [9.17, 15) is 0 Å². The van der Waals surface area contributed by atoms with Crippen molar-refractivity contribution in [3.05, 3.63) is 30.6 Å². The van der Waals surface area contributed by atoms with Crippen LogP contribution in [-0.2, 0) is 24.2 Å². The zero-order valence-corrected chi connectivity index (χ0v) is 11.4. The second kappa shape index (κ2) is 23.6. The molecular weight excluding hydrogens is 281 g/mol. The van der Waals surface area contributed by atoms with Crippen LogP contribution in [0.4, 0.5) is 0 Å². The summed E-state index contributed by atoms with van der Waals surface area (Å²) >= 11 is 0. The summed E-state index contributed by atoms with van der Waals surface area (Å²) in [6.07, 6.45) is 0. The SMILES string of the molecule is NCCOCCN.O=[N+]([O-])[O-].O=[N+]([O-])[O-].[Zn+2]. The van der Waals surface area contributed by atoms with Crippen molar-refractivity contribution in [3.63, 3.8) is 0 Å². The second-order valence-corrected chi connectivity index (χ2v) is 1.64. The number of nitrogens with two attached hydrogens (primary N) is 2. The van der Waals surface area contributed by atoms with Crippen LogP contribution in [0.25, 0.3) is 0 Å². The predicted octanol–water partition coefficient (Wildman–Crippen LogP) is -1.56. The van der Waals surface area contributed by atoms with Gasteiger partial charge in [-0.05, 0) is 0 Å². The minimum Gasteiger partial charge on any atom is -0.379 e. The fraction of sp³-hybridized carbons (Fsp3) is 1.00. The Morgan fingerprint density at radius 2 is 1.06 bits per heavy atom. The van der Waals surface area contributed by atoms with Crippen molar-refractivity contribution in [2.75, 3.05) is 26.3 Å². The Kier molecular flexibility index (Phi) is 35.7. The maximum Gasteiger partial charge on any atom is 2.00 e. The van der Waals surface area contributed by atoms with Gasteiger partial charge in [-0.15, -0.1) is 0 Å². The molecule has 12 heteroatoms. The molecule has 0 unspecified atom stereocenters. The van der Waals surface area contributed by atoms with Gasteiger partial charge < -0.3 is 46.8 Å². The molecule has 0 saturated carbocycles. The van der Waals surface area contributed by atoms with Gasteiger partial charge >= 0.3 is 19.5 Å². The van der Waals surface area contributed by atoms with Gasteiger partial charge in [0.25, 0.3) is 0 Å². The van der Waals surface area contributed by atoms with Gasteiger partial charge in [-0.2, -0.15) is 0 Å². The summed E-state index contributed by atoms with van der Waals surface area (Å²) in [6, 6.07) is 0. The molecule has 0 rings (SSSR count). The molecule has 0 amide bonds. The summed E-state index contributed by atoms with van der Waals surface area (Å²) < 4.78 is 4.88. The second-order valence-electron chi connectivity index (χ2n) is 1.64. The average Bonchev–Trinajstić information content (AvgIpc) is 2.03. The molecule has 0 aliphatic carbocycles. The van der Waals surface area contributed by atoms with Gasteiger partial charge in [0.2, 0.25) is 0 Å². The standard InChI is InChI=1S/C4H12N2O.2NO3.Zn/c5-1-3-7-4-2-6;2*2-1(3)4;/h1-6H2;;;/q;2*-1;+2. The molecule has 0 aliphatic rings. The van der Waals surface area contributed by atoms with Crippen LogP contribution in [0.2, 0.25) is 0 Å². The summed E-state index contributed by atoms with van der Waals surface area (Å²) in [5.74, 6) is 0. The maximum atomic E-state index is 8.25. The van der Waals surface area contributed by atoms with Crippen molar-refractivity contribution in [2.24, 2.45) is 11.5 Å². The van der Waals surface area contributed by atoms with E-state index in [1.165, 1.54) is 0 Å². The molecule has 16 heavy (non-hydrogen) atoms. The van der Waals surface area contributed by atoms with Crippen molar-refractivity contribution in [2.45, 2.75) is 0 Å². The smallest absolute Gasteiger partial charge is 0.379 e. The van der Waals surface area contributed by atoms with Crippen molar-refractivity contribution >= 4 is 0 Å². The molecule has 0 saturated heterocycles. The van der Waals surface area contributed by atoms with E-state index in [2.05, 4.69) is 0 Å². The number of hydrogen-bond acceptors (Lipinski definition) is 9. The molecule has 0 fully saturated rings. The van der Waals surface area contributed by atoms with Crippen LogP contribution in [-0.4, -0.2) is 36.5 Å². The van der Waals surface area contributed by atoms with E-state index in [1.54, 1.807) is 0 Å². The Morgan fingerprint density at radius 1 is 0.875 bits per heavy atom. The van der Waals surface area contributed by atoms with Gasteiger partial charge in [-0.3, -0.25) is 0 Å². The Labute approximate surface area is 103 Å². The third-order valence-electron chi connectivity index (χ3n) is 0.524. The van der Waals surface area contributed by atoms with Crippen LogP contribution in [0.15, 0.2) is 0 Å². The first-order valence-corrected chi connectivity index (χ1v) is 3.49. The summed E-state index contributed by atoms with van der Waals surface area (Å²) in [4.78, 5) is 16.5. The summed E-state index contributed by atoms with van der Waals surface area (Å²) in [7, 11) is 0. The third-order valence-corrected chi connectivity index (χ3v) is 0.524. The first-order chi connectivity index (χ1) is 6.88. The van der Waals surface area contributed by atoms with Gasteiger partial charge in [0, 0.05) is 13.1 Å². The topological polar surface area (TPSA) is 194 Å². The van der Waals surface area contributed by atoms with Gasteiger partial charge in [-0.1, -0.05) is 0 Å². The molecule has 0 aliphatic heterocycles. The molecule has 11 nitrogen and oxygen atoms in total. The third kappa shape index (κ3) is 217. The maximum absolute atomic E-state index is 8.25. The molecule has 0 aromatic carbocycles. The van der Waals surface area contributed by atoms with Gasteiger partial charge in [-0.25, -0.2) is 0 Å². The molecular formula is C4H12N4O7Zn. The number of hydrogen-bond donors (Lipinski definition) is 2. The first-order valence-electron chi connectivity index (χ1n) is 3.49. The molecule has 0 spiro atoms. The zero-order valence-electron chi connectivity index (χ0n) is 8.44. The Bertz CT molecular complexity index is 135. The van der Waals surface area contributed by atoms with E-state index >= 15 is 0 Å². The molecule has 0 bridgehead atoms. The first kappa shape index (κ1) is 24.2.